The molecule has 0 radical (unpaired) electrons. The molecule has 0 aromatic carbocycles. The molecule has 2 rings (SSSR count). The van der Waals surface area contributed by atoms with Gasteiger partial charge in [-0.15, -0.1) is 0 Å². The third-order valence-electron chi connectivity index (χ3n) is 2.26. The van der Waals surface area contributed by atoms with Gasteiger partial charge >= 0.3 is 0 Å². The van der Waals surface area contributed by atoms with E-state index in [1.54, 1.807) is 0 Å². The van der Waals surface area contributed by atoms with E-state index < -0.39 is 6.04 Å². The van der Waals surface area contributed by atoms with Gasteiger partial charge in [-0.2, -0.15) is 5.10 Å². The fourth-order valence-electron chi connectivity index (χ4n) is 1.49. The van der Waals surface area contributed by atoms with Gasteiger partial charge < -0.3 is 0 Å². The van der Waals surface area contributed by atoms with Gasteiger partial charge in [0.15, 0.2) is 0 Å². The molecule has 2 atom stereocenters. The van der Waals surface area contributed by atoms with E-state index in [0.29, 0.717) is 5.82 Å². The second-order valence-corrected chi connectivity index (χ2v) is 3.43. The van der Waals surface area contributed by atoms with Crippen molar-refractivity contribution >= 4 is 11.8 Å². The molecule has 7 heteroatoms. The number of nitrogens with one attached hydrogen (secondary N) is 3. The summed E-state index contributed by atoms with van der Waals surface area (Å²) in [6, 6.07) is -0.619. The van der Waals surface area contributed by atoms with Crippen LogP contribution >= 0.6 is 0 Å². The number of H-pyrrole nitrogens is 1. The van der Waals surface area contributed by atoms with Crippen molar-refractivity contribution in [3.05, 3.63) is 12.2 Å². The highest BCUT2D eigenvalue weighted by atomic mass is 16.2. The summed E-state index contributed by atoms with van der Waals surface area (Å²) in [5.74, 6) is 0.107. The molecular formula is C8H11N5O2. The average Bonchev–Trinajstić information content (AvgIpc) is 2.76. The summed E-state index contributed by atoms with van der Waals surface area (Å²) in [5, 5.41) is 11.6. The number of amides is 2. The van der Waals surface area contributed by atoms with E-state index in [9.17, 15) is 9.59 Å². The monoisotopic (exact) mass is 209 g/mol. The Hall–Kier alpha value is -1.76. The standard InChI is InChI=1S/C8H11N5O2/c1-4(7-9-3-10-13-7)11-5-2-6(14)12-8(5)15/h3-5,11H,2H2,1H3,(H,9,10,13)(H,12,14,15). The van der Waals surface area contributed by atoms with Crippen molar-refractivity contribution in [3.63, 3.8) is 0 Å². The smallest absolute Gasteiger partial charge is 0.244 e. The molecule has 1 aromatic rings. The zero-order valence-electron chi connectivity index (χ0n) is 8.15. The van der Waals surface area contributed by atoms with E-state index in [1.165, 1.54) is 6.33 Å². The quantitative estimate of drug-likeness (QED) is 0.547. The lowest BCUT2D eigenvalue weighted by Gasteiger charge is -2.14. The molecule has 7 nitrogen and oxygen atoms in total. The van der Waals surface area contributed by atoms with Crippen LogP contribution in [0.5, 0.6) is 0 Å². The summed E-state index contributed by atoms with van der Waals surface area (Å²) in [6.45, 7) is 1.84. The molecule has 1 fully saturated rings. The molecule has 2 heterocycles. The lowest BCUT2D eigenvalue weighted by Crippen LogP contribution is -2.38. The minimum Gasteiger partial charge on any atom is -0.296 e. The SMILES string of the molecule is CC(NC1CC(=O)NC1=O)c1ncn[nH]1. The molecule has 0 bridgehead atoms. The van der Waals surface area contributed by atoms with Gasteiger partial charge in [0.1, 0.15) is 12.2 Å². The predicted molar refractivity (Wildman–Crippen MR) is 49.5 cm³/mol. The van der Waals surface area contributed by atoms with Gasteiger partial charge in [-0.25, -0.2) is 4.98 Å². The van der Waals surface area contributed by atoms with E-state index >= 15 is 0 Å². The number of aromatic amines is 1. The number of carbonyl (C=O) groups is 2. The third kappa shape index (κ3) is 2.01. The largest absolute Gasteiger partial charge is 0.296 e. The van der Waals surface area contributed by atoms with Crippen molar-refractivity contribution < 1.29 is 9.59 Å². The van der Waals surface area contributed by atoms with Crippen molar-refractivity contribution in [2.24, 2.45) is 0 Å². The average molecular weight is 209 g/mol. The van der Waals surface area contributed by atoms with Gasteiger partial charge in [0.2, 0.25) is 11.8 Å². The fraction of sp³-hybridized carbons (Fsp3) is 0.500. The van der Waals surface area contributed by atoms with Crippen LogP contribution in [0.1, 0.15) is 25.2 Å². The van der Waals surface area contributed by atoms with Crippen LogP contribution in [0.4, 0.5) is 0 Å². The van der Waals surface area contributed by atoms with Gasteiger partial charge in [0.25, 0.3) is 0 Å². The van der Waals surface area contributed by atoms with Gasteiger partial charge in [0.05, 0.1) is 18.5 Å². The Labute approximate surface area is 85.7 Å². The first-order valence-corrected chi connectivity index (χ1v) is 4.62. The molecule has 0 saturated carbocycles. The second-order valence-electron chi connectivity index (χ2n) is 3.43. The Balaban J connectivity index is 1.98. The number of hydrogen-bond acceptors (Lipinski definition) is 5. The first-order valence-electron chi connectivity index (χ1n) is 4.62. The number of aromatic nitrogens is 3. The number of carbonyl (C=O) groups excluding carboxylic acids is 2. The molecule has 80 valence electrons. The van der Waals surface area contributed by atoms with E-state index in [-0.39, 0.29) is 24.3 Å². The van der Waals surface area contributed by atoms with Crippen molar-refractivity contribution in [3.8, 4) is 0 Å². The Morgan fingerprint density at radius 2 is 2.40 bits per heavy atom. The molecule has 2 amide bonds. The molecule has 0 spiro atoms. The number of hydrogen-bond donors (Lipinski definition) is 3. The molecule has 0 aliphatic carbocycles. The van der Waals surface area contributed by atoms with Crippen LogP contribution < -0.4 is 10.6 Å². The van der Waals surface area contributed by atoms with Gasteiger partial charge in [0, 0.05) is 0 Å². The summed E-state index contributed by atoms with van der Waals surface area (Å²) >= 11 is 0. The first kappa shape index (κ1) is 9.78. The molecule has 1 saturated heterocycles. The highest BCUT2D eigenvalue weighted by molar-refractivity contribution is 6.05. The van der Waals surface area contributed by atoms with Gasteiger partial charge in [-0.05, 0) is 6.92 Å². The maximum absolute atomic E-state index is 11.2. The zero-order valence-corrected chi connectivity index (χ0v) is 8.15. The van der Waals surface area contributed by atoms with Crippen molar-refractivity contribution in [1.82, 2.24) is 25.8 Å². The Morgan fingerprint density at radius 1 is 1.60 bits per heavy atom. The molecule has 2 unspecified atom stereocenters. The lowest BCUT2D eigenvalue weighted by molar-refractivity contribution is -0.125. The summed E-state index contributed by atoms with van der Waals surface area (Å²) in [4.78, 5) is 26.1. The second kappa shape index (κ2) is 3.77. The Kier molecular flexibility index (Phi) is 2.46. The summed E-state index contributed by atoms with van der Waals surface area (Å²) in [6.07, 6.45) is 1.57. The van der Waals surface area contributed by atoms with Crippen LogP contribution in [0.15, 0.2) is 6.33 Å². The molecule has 15 heavy (non-hydrogen) atoms. The van der Waals surface area contributed by atoms with Gasteiger partial charge in [-0.1, -0.05) is 0 Å². The van der Waals surface area contributed by atoms with Crippen molar-refractivity contribution in [2.45, 2.75) is 25.4 Å². The number of nitrogens with zero attached hydrogens (tertiary/aromatic N) is 2. The molecule has 1 aliphatic rings. The third-order valence-corrected chi connectivity index (χ3v) is 2.26. The van der Waals surface area contributed by atoms with E-state index in [0.717, 1.165) is 0 Å². The molecule has 3 N–H and O–H groups in total. The molecule has 1 aromatic heterocycles. The molecule has 1 aliphatic heterocycles. The maximum atomic E-state index is 11.2. The maximum Gasteiger partial charge on any atom is 0.244 e. The highest BCUT2D eigenvalue weighted by Crippen LogP contribution is 2.10. The van der Waals surface area contributed by atoms with E-state index in [2.05, 4.69) is 25.8 Å². The summed E-state index contributed by atoms with van der Waals surface area (Å²) in [7, 11) is 0. The van der Waals surface area contributed by atoms with Crippen LogP contribution in [-0.4, -0.2) is 33.0 Å². The van der Waals surface area contributed by atoms with Crippen LogP contribution in [0.25, 0.3) is 0 Å². The summed E-state index contributed by atoms with van der Waals surface area (Å²) < 4.78 is 0. The fourth-order valence-corrected chi connectivity index (χ4v) is 1.49. The van der Waals surface area contributed by atoms with Crippen molar-refractivity contribution in [1.29, 1.82) is 0 Å². The van der Waals surface area contributed by atoms with E-state index in [4.69, 9.17) is 0 Å². The summed E-state index contributed by atoms with van der Waals surface area (Å²) in [5.41, 5.74) is 0. The van der Waals surface area contributed by atoms with Crippen molar-refractivity contribution in [2.75, 3.05) is 0 Å². The van der Waals surface area contributed by atoms with Crippen LogP contribution in [0.3, 0.4) is 0 Å². The van der Waals surface area contributed by atoms with Crippen LogP contribution in [0.2, 0.25) is 0 Å². The van der Waals surface area contributed by atoms with E-state index in [1.807, 2.05) is 6.92 Å². The predicted octanol–water partition coefficient (Wildman–Crippen LogP) is -1.13. The molecular weight excluding hydrogens is 198 g/mol. The van der Waals surface area contributed by atoms with Crippen LogP contribution in [0, 0.1) is 0 Å². The minimum absolute atomic E-state index is 0.144. The van der Waals surface area contributed by atoms with Crippen LogP contribution in [-0.2, 0) is 9.59 Å². The topological polar surface area (TPSA) is 99.8 Å². The Morgan fingerprint density at radius 3 is 2.93 bits per heavy atom. The van der Waals surface area contributed by atoms with Gasteiger partial charge in [-0.3, -0.25) is 25.3 Å². The minimum atomic E-state index is -0.474. The zero-order chi connectivity index (χ0) is 10.8. The first-order chi connectivity index (χ1) is 7.16. The number of imide groups is 1. The lowest BCUT2D eigenvalue weighted by atomic mass is 10.2. The highest BCUT2D eigenvalue weighted by Gasteiger charge is 2.31. The normalized spacial score (nSPS) is 22.9. The number of rotatable bonds is 3. The Bertz CT molecular complexity index is 374.